The minimum absolute atomic E-state index is 0.0453. The summed E-state index contributed by atoms with van der Waals surface area (Å²) in [6, 6.07) is 12.5. The molecule has 226 valence electrons. The van der Waals surface area contributed by atoms with Gasteiger partial charge in [-0.05, 0) is 91.5 Å². The zero-order valence-corrected chi connectivity index (χ0v) is 25.5. The van der Waals surface area contributed by atoms with Crippen molar-refractivity contribution in [1.82, 2.24) is 20.0 Å². The van der Waals surface area contributed by atoms with Gasteiger partial charge in [0.25, 0.3) is 11.8 Å². The van der Waals surface area contributed by atoms with Gasteiger partial charge in [-0.2, -0.15) is 5.26 Å². The van der Waals surface area contributed by atoms with E-state index in [1.807, 2.05) is 31.2 Å². The fraction of sp³-hybridized carbons (Fsp3) is 0.485. The van der Waals surface area contributed by atoms with Crippen LogP contribution in [-0.2, 0) is 27.8 Å². The predicted molar refractivity (Wildman–Crippen MR) is 161 cm³/mol. The van der Waals surface area contributed by atoms with Crippen molar-refractivity contribution in [2.75, 3.05) is 34.7 Å². The molecule has 4 atom stereocenters. The molecular formula is C33H40N6O4. The average Bonchev–Trinajstić information content (AvgIpc) is 3.67. The number of primary amides is 1. The Hall–Kier alpha value is -4.23. The first-order valence-electron chi connectivity index (χ1n) is 14.8. The molecule has 1 saturated heterocycles. The number of nitrogens with two attached hydrogens (primary N) is 1. The third kappa shape index (κ3) is 5.38. The molecule has 1 saturated carbocycles. The summed E-state index contributed by atoms with van der Waals surface area (Å²) >= 11 is 0. The summed E-state index contributed by atoms with van der Waals surface area (Å²) in [6.07, 6.45) is 3.05. The summed E-state index contributed by atoms with van der Waals surface area (Å²) in [5, 5.41) is 12.8. The van der Waals surface area contributed by atoms with Crippen molar-refractivity contribution in [3.63, 3.8) is 0 Å². The first-order chi connectivity index (χ1) is 20.4. The number of benzene rings is 2. The van der Waals surface area contributed by atoms with E-state index >= 15 is 0 Å². The van der Waals surface area contributed by atoms with Crippen molar-refractivity contribution < 1.29 is 19.2 Å². The van der Waals surface area contributed by atoms with E-state index in [9.17, 15) is 24.4 Å². The van der Waals surface area contributed by atoms with Gasteiger partial charge >= 0.3 is 0 Å². The van der Waals surface area contributed by atoms with Crippen LogP contribution in [0.25, 0.3) is 0 Å². The largest absolute Gasteiger partial charge is 0.369 e. The van der Waals surface area contributed by atoms with Crippen molar-refractivity contribution in [2.24, 2.45) is 11.7 Å². The fourth-order valence-corrected chi connectivity index (χ4v) is 7.03. The van der Waals surface area contributed by atoms with E-state index in [2.05, 4.69) is 11.4 Å². The Morgan fingerprint density at radius 3 is 1.98 bits per heavy atom. The summed E-state index contributed by atoms with van der Waals surface area (Å²) in [5.41, 5.74) is 9.24. The summed E-state index contributed by atoms with van der Waals surface area (Å²) in [4.78, 5) is 57.4. The smallest absolute Gasteiger partial charge is 0.253 e. The van der Waals surface area contributed by atoms with E-state index in [0.717, 1.165) is 35.1 Å². The van der Waals surface area contributed by atoms with Crippen LogP contribution >= 0.6 is 0 Å². The number of amides is 4. The molecule has 43 heavy (non-hydrogen) atoms. The number of aryl methyl sites for hydroxylation is 2. The van der Waals surface area contributed by atoms with Gasteiger partial charge < -0.3 is 25.8 Å². The Balaban J connectivity index is 1.52. The first-order valence-corrected chi connectivity index (χ1v) is 14.8. The summed E-state index contributed by atoms with van der Waals surface area (Å²) in [6.45, 7) is 1.96. The van der Waals surface area contributed by atoms with E-state index in [1.165, 1.54) is 9.80 Å². The lowest BCUT2D eigenvalue weighted by molar-refractivity contribution is -0.131. The SMILES string of the molecule is C[C@H](CC1(C(N)=O)c2ccc(C(=O)N(C)C)cc2CCc2cc(C(=O)N(C)C)ccc21)NCC(=O)N1C(C#N)C[C@@H]2C[C@@H]21. The first kappa shape index (κ1) is 30.2. The van der Waals surface area contributed by atoms with Crippen LogP contribution in [0, 0.1) is 17.2 Å². The molecule has 0 radical (unpaired) electrons. The second-order valence-corrected chi connectivity index (χ2v) is 12.6. The van der Waals surface area contributed by atoms with Crippen molar-refractivity contribution >= 4 is 23.6 Å². The molecule has 10 nitrogen and oxygen atoms in total. The molecule has 2 aromatic carbocycles. The molecule has 1 heterocycles. The van der Waals surface area contributed by atoms with Crippen LogP contribution in [0.1, 0.15) is 69.2 Å². The van der Waals surface area contributed by atoms with Gasteiger partial charge in [-0.25, -0.2) is 0 Å². The number of carbonyl (C=O) groups excluding carboxylic acids is 4. The monoisotopic (exact) mass is 584 g/mol. The van der Waals surface area contributed by atoms with Gasteiger partial charge in [0.1, 0.15) is 11.5 Å². The molecule has 1 aliphatic heterocycles. The van der Waals surface area contributed by atoms with Crippen LogP contribution < -0.4 is 11.1 Å². The van der Waals surface area contributed by atoms with Crippen molar-refractivity contribution in [3.8, 4) is 6.07 Å². The molecule has 1 unspecified atom stereocenters. The number of piperidine rings is 1. The maximum atomic E-state index is 13.8. The summed E-state index contributed by atoms with van der Waals surface area (Å²) in [5.74, 6) is -0.511. The molecule has 3 N–H and O–H groups in total. The van der Waals surface area contributed by atoms with Gasteiger partial charge in [0.2, 0.25) is 11.8 Å². The molecule has 2 fully saturated rings. The molecule has 0 aromatic heterocycles. The Labute approximate surface area is 252 Å². The van der Waals surface area contributed by atoms with Gasteiger partial charge in [-0.15, -0.1) is 0 Å². The summed E-state index contributed by atoms with van der Waals surface area (Å²) in [7, 11) is 6.78. The molecule has 2 aromatic rings. The highest BCUT2D eigenvalue weighted by Crippen LogP contribution is 2.48. The van der Waals surface area contributed by atoms with Gasteiger partial charge in [-0.1, -0.05) is 12.1 Å². The van der Waals surface area contributed by atoms with Crippen molar-refractivity contribution in [3.05, 3.63) is 69.8 Å². The quantitative estimate of drug-likeness (QED) is 0.485. The Morgan fingerprint density at radius 1 is 0.977 bits per heavy atom. The number of nitrogens with zero attached hydrogens (tertiary/aromatic N) is 4. The lowest BCUT2D eigenvalue weighted by atomic mass is 9.68. The zero-order valence-electron chi connectivity index (χ0n) is 25.5. The molecule has 3 aliphatic rings. The molecule has 0 spiro atoms. The number of hydrogen-bond acceptors (Lipinski definition) is 6. The highest BCUT2D eigenvalue weighted by atomic mass is 16.2. The number of hydrogen-bond donors (Lipinski definition) is 2. The highest BCUT2D eigenvalue weighted by Gasteiger charge is 2.54. The average molecular weight is 585 g/mol. The van der Waals surface area contributed by atoms with E-state index < -0.39 is 11.3 Å². The number of nitriles is 1. The zero-order chi connectivity index (χ0) is 31.2. The van der Waals surface area contributed by atoms with E-state index in [-0.39, 0.29) is 48.8 Å². The molecule has 10 heteroatoms. The maximum absolute atomic E-state index is 13.8. The predicted octanol–water partition coefficient (Wildman–Crippen LogP) is 1.84. The fourth-order valence-electron chi connectivity index (χ4n) is 7.03. The Kier molecular flexibility index (Phi) is 8.05. The number of rotatable bonds is 8. The Bertz CT molecular complexity index is 1450. The molecular weight excluding hydrogens is 544 g/mol. The molecule has 5 rings (SSSR count). The number of nitrogens with one attached hydrogen (secondary N) is 1. The molecule has 0 bridgehead atoms. The van der Waals surface area contributed by atoms with Gasteiger partial charge in [-0.3, -0.25) is 19.2 Å². The van der Waals surface area contributed by atoms with Crippen LogP contribution in [-0.4, -0.2) is 91.2 Å². The lowest BCUT2D eigenvalue weighted by Gasteiger charge is -2.36. The third-order valence-corrected chi connectivity index (χ3v) is 9.28. The van der Waals surface area contributed by atoms with Gasteiger partial charge in [0, 0.05) is 51.4 Å². The Morgan fingerprint density at radius 2 is 1.51 bits per heavy atom. The van der Waals surface area contributed by atoms with Gasteiger partial charge in [0.05, 0.1) is 12.6 Å². The number of likely N-dealkylation sites (tertiary alicyclic amines) is 1. The van der Waals surface area contributed by atoms with E-state index in [4.69, 9.17) is 5.73 Å². The van der Waals surface area contributed by atoms with Gasteiger partial charge in [0.15, 0.2) is 0 Å². The van der Waals surface area contributed by atoms with E-state index in [0.29, 0.717) is 29.9 Å². The lowest BCUT2D eigenvalue weighted by Crippen LogP contribution is -2.49. The molecule has 4 amide bonds. The standard InChI is InChI=1S/C33H40N6O4/c1-19(36-18-29(40)39-25(17-34)14-24-15-28(24)39)16-33(32(35)43)26-10-8-22(30(41)37(2)3)12-20(26)6-7-21-13-23(9-11-27(21)33)31(42)38(4)5/h8-13,19,24-25,28,36H,6-7,14-16,18H2,1-5H3,(H2,35,43)/t19-,24-,25?,28+/m1/s1. The normalized spacial score (nSPS) is 21.8. The molecule has 2 aliphatic carbocycles. The second kappa shape index (κ2) is 11.5. The van der Waals surface area contributed by atoms with E-state index in [1.54, 1.807) is 45.2 Å². The topological polar surface area (TPSA) is 140 Å². The number of carbonyl (C=O) groups is 4. The van der Waals surface area contributed by atoms with Crippen LogP contribution in [0.4, 0.5) is 0 Å². The van der Waals surface area contributed by atoms with Crippen molar-refractivity contribution in [1.29, 1.82) is 5.26 Å². The van der Waals surface area contributed by atoms with Crippen LogP contribution in [0.5, 0.6) is 0 Å². The highest BCUT2D eigenvalue weighted by molar-refractivity contribution is 5.97. The summed E-state index contributed by atoms with van der Waals surface area (Å²) < 4.78 is 0. The minimum atomic E-state index is -1.28. The third-order valence-electron chi connectivity index (χ3n) is 9.28. The second-order valence-electron chi connectivity index (χ2n) is 12.6. The minimum Gasteiger partial charge on any atom is -0.369 e. The van der Waals surface area contributed by atoms with Crippen molar-refractivity contribution in [2.45, 2.75) is 62.6 Å². The van der Waals surface area contributed by atoms with Crippen LogP contribution in [0.15, 0.2) is 36.4 Å². The van der Waals surface area contributed by atoms with Crippen LogP contribution in [0.2, 0.25) is 0 Å². The number of fused-ring (bicyclic) bond motifs is 3. The van der Waals surface area contributed by atoms with Crippen LogP contribution in [0.3, 0.4) is 0 Å². The maximum Gasteiger partial charge on any atom is 0.253 e.